The summed E-state index contributed by atoms with van der Waals surface area (Å²) in [6, 6.07) is 0.356. The van der Waals surface area contributed by atoms with Crippen LogP contribution in [-0.2, 0) is 14.3 Å². The van der Waals surface area contributed by atoms with Crippen molar-refractivity contribution in [2.75, 3.05) is 46.6 Å². The van der Waals surface area contributed by atoms with E-state index in [0.29, 0.717) is 12.6 Å². The molecule has 0 aliphatic carbocycles. The fourth-order valence-corrected chi connectivity index (χ4v) is 1.59. The highest BCUT2D eigenvalue weighted by Crippen LogP contribution is 2.02. The molecule has 1 atom stereocenters. The first-order chi connectivity index (χ1) is 7.24. The molecule has 5 nitrogen and oxygen atoms in total. The first kappa shape index (κ1) is 12.4. The van der Waals surface area contributed by atoms with Gasteiger partial charge in [-0.3, -0.25) is 9.69 Å². The molecule has 1 fully saturated rings. The van der Waals surface area contributed by atoms with Gasteiger partial charge in [0.2, 0.25) is 5.91 Å². The minimum absolute atomic E-state index is 0.0578. The summed E-state index contributed by atoms with van der Waals surface area (Å²) in [4.78, 5) is 13.5. The van der Waals surface area contributed by atoms with Crippen LogP contribution in [0, 0.1) is 0 Å². The van der Waals surface area contributed by atoms with Crippen LogP contribution in [0.15, 0.2) is 0 Å². The molecule has 0 aromatic rings. The van der Waals surface area contributed by atoms with Gasteiger partial charge in [0.25, 0.3) is 0 Å². The van der Waals surface area contributed by atoms with Crippen molar-refractivity contribution in [2.45, 2.75) is 13.0 Å². The van der Waals surface area contributed by atoms with Gasteiger partial charge in [0.15, 0.2) is 0 Å². The zero-order chi connectivity index (χ0) is 11.1. The van der Waals surface area contributed by atoms with Gasteiger partial charge in [-0.1, -0.05) is 0 Å². The quantitative estimate of drug-likeness (QED) is 0.671. The lowest BCUT2D eigenvalue weighted by Gasteiger charge is -2.32. The van der Waals surface area contributed by atoms with Crippen LogP contribution in [0.2, 0.25) is 0 Å². The van der Waals surface area contributed by atoms with Crippen LogP contribution in [0.3, 0.4) is 0 Å². The Labute approximate surface area is 90.7 Å². The maximum atomic E-state index is 11.2. The highest BCUT2D eigenvalue weighted by atomic mass is 16.5. The summed E-state index contributed by atoms with van der Waals surface area (Å²) >= 11 is 0. The van der Waals surface area contributed by atoms with E-state index in [1.807, 2.05) is 0 Å². The van der Waals surface area contributed by atoms with Gasteiger partial charge in [-0.25, -0.2) is 0 Å². The smallest absolute Gasteiger partial charge is 0.246 e. The standard InChI is InChI=1S/C10H20N2O3/c1-9(7-11-10(13)8-14-2)12-3-5-15-6-4-12/h9H,3-8H2,1-2H3,(H,11,13). The van der Waals surface area contributed by atoms with Gasteiger partial charge in [0, 0.05) is 32.8 Å². The third-order valence-electron chi connectivity index (χ3n) is 2.54. The number of morpholine rings is 1. The Morgan fingerprint density at radius 3 is 2.80 bits per heavy atom. The molecule has 15 heavy (non-hydrogen) atoms. The number of carbonyl (C=O) groups is 1. The van der Waals surface area contributed by atoms with E-state index in [4.69, 9.17) is 9.47 Å². The number of rotatable bonds is 5. The van der Waals surface area contributed by atoms with Crippen LogP contribution in [-0.4, -0.2) is 63.4 Å². The highest BCUT2D eigenvalue weighted by Gasteiger charge is 2.17. The summed E-state index contributed by atoms with van der Waals surface area (Å²) in [6.07, 6.45) is 0. The van der Waals surface area contributed by atoms with Gasteiger partial charge < -0.3 is 14.8 Å². The lowest BCUT2D eigenvalue weighted by atomic mass is 10.2. The molecule has 1 unspecified atom stereocenters. The van der Waals surface area contributed by atoms with E-state index < -0.39 is 0 Å². The van der Waals surface area contributed by atoms with E-state index in [2.05, 4.69) is 17.1 Å². The molecule has 1 aliphatic heterocycles. The lowest BCUT2D eigenvalue weighted by Crippen LogP contribution is -2.47. The maximum Gasteiger partial charge on any atom is 0.246 e. The predicted molar refractivity (Wildman–Crippen MR) is 56.7 cm³/mol. The largest absolute Gasteiger partial charge is 0.379 e. The molecule has 0 saturated carbocycles. The monoisotopic (exact) mass is 216 g/mol. The van der Waals surface area contributed by atoms with Crippen molar-refractivity contribution in [3.8, 4) is 0 Å². The van der Waals surface area contributed by atoms with E-state index in [-0.39, 0.29) is 12.5 Å². The molecule has 1 N–H and O–H groups in total. The van der Waals surface area contributed by atoms with Crippen molar-refractivity contribution in [3.05, 3.63) is 0 Å². The zero-order valence-corrected chi connectivity index (χ0v) is 9.49. The number of carbonyl (C=O) groups excluding carboxylic acids is 1. The molecule has 1 amide bonds. The first-order valence-corrected chi connectivity index (χ1v) is 5.31. The van der Waals surface area contributed by atoms with Gasteiger partial charge in [-0.05, 0) is 6.92 Å². The molecule has 0 bridgehead atoms. The first-order valence-electron chi connectivity index (χ1n) is 5.31. The molecule has 1 aliphatic rings. The molecule has 1 saturated heterocycles. The summed E-state index contributed by atoms with van der Waals surface area (Å²) in [6.45, 7) is 6.38. The van der Waals surface area contributed by atoms with Crippen LogP contribution in [0.25, 0.3) is 0 Å². The van der Waals surface area contributed by atoms with Crippen LogP contribution >= 0.6 is 0 Å². The van der Waals surface area contributed by atoms with E-state index in [9.17, 15) is 4.79 Å². The number of nitrogens with zero attached hydrogens (tertiary/aromatic N) is 1. The molecular formula is C10H20N2O3. The maximum absolute atomic E-state index is 11.2. The molecular weight excluding hydrogens is 196 g/mol. The van der Waals surface area contributed by atoms with Gasteiger partial charge >= 0.3 is 0 Å². The fraction of sp³-hybridized carbons (Fsp3) is 0.900. The van der Waals surface area contributed by atoms with Gasteiger partial charge in [0.05, 0.1) is 13.2 Å². The Kier molecular flexibility index (Phi) is 5.60. The molecule has 1 heterocycles. The Morgan fingerprint density at radius 2 is 2.20 bits per heavy atom. The van der Waals surface area contributed by atoms with Crippen molar-refractivity contribution < 1.29 is 14.3 Å². The van der Waals surface area contributed by atoms with Crippen LogP contribution in [0.5, 0.6) is 0 Å². The number of hydrogen-bond donors (Lipinski definition) is 1. The van der Waals surface area contributed by atoms with Crippen molar-refractivity contribution in [2.24, 2.45) is 0 Å². The molecule has 88 valence electrons. The number of ether oxygens (including phenoxy) is 2. The predicted octanol–water partition coefficient (Wildman–Crippen LogP) is -0.530. The number of hydrogen-bond acceptors (Lipinski definition) is 4. The molecule has 0 aromatic carbocycles. The van der Waals surface area contributed by atoms with E-state index in [1.165, 1.54) is 7.11 Å². The molecule has 0 spiro atoms. The van der Waals surface area contributed by atoms with Gasteiger partial charge in [-0.2, -0.15) is 0 Å². The third-order valence-corrected chi connectivity index (χ3v) is 2.54. The summed E-state index contributed by atoms with van der Waals surface area (Å²) < 4.78 is 10.0. The third kappa shape index (κ3) is 4.59. The van der Waals surface area contributed by atoms with E-state index >= 15 is 0 Å². The summed E-state index contributed by atoms with van der Waals surface area (Å²) in [7, 11) is 1.52. The Balaban J connectivity index is 2.16. The average Bonchev–Trinajstić information content (AvgIpc) is 2.27. The Hall–Kier alpha value is -0.650. The highest BCUT2D eigenvalue weighted by molar-refractivity contribution is 5.77. The summed E-state index contributed by atoms with van der Waals surface area (Å²) in [5.74, 6) is -0.0578. The van der Waals surface area contributed by atoms with Crippen LogP contribution in [0.4, 0.5) is 0 Å². The van der Waals surface area contributed by atoms with Crippen LogP contribution in [0.1, 0.15) is 6.92 Å². The van der Waals surface area contributed by atoms with Crippen LogP contribution < -0.4 is 5.32 Å². The van der Waals surface area contributed by atoms with E-state index in [0.717, 1.165) is 26.3 Å². The van der Waals surface area contributed by atoms with Crippen molar-refractivity contribution >= 4 is 5.91 Å². The molecule has 5 heteroatoms. The second-order valence-corrected chi connectivity index (χ2v) is 3.73. The molecule has 1 rings (SSSR count). The second kappa shape index (κ2) is 6.76. The molecule has 0 aromatic heterocycles. The fourth-order valence-electron chi connectivity index (χ4n) is 1.59. The average molecular weight is 216 g/mol. The molecule has 0 radical (unpaired) electrons. The minimum Gasteiger partial charge on any atom is -0.379 e. The normalized spacial score (nSPS) is 19.9. The second-order valence-electron chi connectivity index (χ2n) is 3.73. The summed E-state index contributed by atoms with van der Waals surface area (Å²) in [5.41, 5.74) is 0. The SMILES string of the molecule is COCC(=O)NCC(C)N1CCOCC1. The zero-order valence-electron chi connectivity index (χ0n) is 9.49. The Morgan fingerprint density at radius 1 is 1.53 bits per heavy atom. The summed E-state index contributed by atoms with van der Waals surface area (Å²) in [5, 5.41) is 2.83. The van der Waals surface area contributed by atoms with Crippen molar-refractivity contribution in [1.82, 2.24) is 10.2 Å². The van der Waals surface area contributed by atoms with Gasteiger partial charge in [0.1, 0.15) is 6.61 Å². The van der Waals surface area contributed by atoms with Crippen molar-refractivity contribution in [3.63, 3.8) is 0 Å². The Bertz CT molecular complexity index is 193. The lowest BCUT2D eigenvalue weighted by molar-refractivity contribution is -0.125. The topological polar surface area (TPSA) is 50.8 Å². The van der Waals surface area contributed by atoms with Crippen molar-refractivity contribution in [1.29, 1.82) is 0 Å². The number of amides is 1. The van der Waals surface area contributed by atoms with Gasteiger partial charge in [-0.15, -0.1) is 0 Å². The minimum atomic E-state index is -0.0578. The number of nitrogens with one attached hydrogen (secondary N) is 1. The number of methoxy groups -OCH3 is 1. The van der Waals surface area contributed by atoms with E-state index in [1.54, 1.807) is 0 Å².